The lowest BCUT2D eigenvalue weighted by Gasteiger charge is -2.32. The molecule has 0 unspecified atom stereocenters. The molecule has 0 bridgehead atoms. The fourth-order valence-corrected chi connectivity index (χ4v) is 6.09. The molecule has 176 valence electrons. The molecule has 0 aliphatic carbocycles. The number of aliphatic hydroxyl groups excluding tert-OH is 1. The van der Waals surface area contributed by atoms with Crippen LogP contribution in [0, 0.1) is 11.8 Å². The summed E-state index contributed by atoms with van der Waals surface area (Å²) in [7, 11) is 0. The number of carbonyl (C=O) groups is 3. The molecule has 2 heterocycles. The second-order valence-electron chi connectivity index (χ2n) is 9.69. The third kappa shape index (κ3) is 4.39. The van der Waals surface area contributed by atoms with Crippen molar-refractivity contribution in [3.63, 3.8) is 0 Å². The van der Waals surface area contributed by atoms with E-state index in [1.54, 1.807) is 22.7 Å². The molecule has 2 aliphatic heterocycles. The molecule has 3 rings (SSSR count). The molecule has 1 aromatic rings. The van der Waals surface area contributed by atoms with Gasteiger partial charge in [-0.3, -0.25) is 14.4 Å². The lowest BCUT2D eigenvalue weighted by Crippen LogP contribution is -2.59. The van der Waals surface area contributed by atoms with E-state index in [1.165, 1.54) is 0 Å². The van der Waals surface area contributed by atoms with Gasteiger partial charge < -0.3 is 20.6 Å². The Labute approximate surface area is 194 Å². The quantitative estimate of drug-likeness (QED) is 0.553. The van der Waals surface area contributed by atoms with Gasteiger partial charge in [0.2, 0.25) is 11.8 Å². The monoisotopic (exact) mass is 461 g/mol. The van der Waals surface area contributed by atoms with Crippen molar-refractivity contribution in [2.75, 3.05) is 6.61 Å². The minimum Gasteiger partial charge on any atom is -0.394 e. The van der Waals surface area contributed by atoms with Crippen LogP contribution in [-0.2, 0) is 9.59 Å². The maximum absolute atomic E-state index is 13.5. The second-order valence-corrected chi connectivity index (χ2v) is 11.4. The Hall–Kier alpha value is -2.06. The molecule has 32 heavy (non-hydrogen) atoms. The van der Waals surface area contributed by atoms with Gasteiger partial charge in [-0.25, -0.2) is 0 Å². The number of rotatable bonds is 8. The van der Waals surface area contributed by atoms with Gasteiger partial charge in [-0.1, -0.05) is 52.3 Å². The highest BCUT2D eigenvalue weighted by Gasteiger charge is 2.57. The molecule has 0 saturated carbocycles. The first kappa shape index (κ1) is 24.6. The van der Waals surface area contributed by atoms with Crippen molar-refractivity contribution in [3.8, 4) is 0 Å². The van der Waals surface area contributed by atoms with E-state index in [1.807, 2.05) is 59.7 Å². The molecule has 8 heteroatoms. The van der Waals surface area contributed by atoms with E-state index in [2.05, 4.69) is 10.6 Å². The standard InChI is InChI=1S/C24H35N3O4S/c1-7-14(4)17(12-28)25-20(29)18(13(2)3)26-21(30)19-24(5,6)32-23-16-11-9-8-10-15(16)22(31)27(19)23/h8-11,13-14,17-19,23,28H,7,12H2,1-6H3,(H,25,29)(H,26,30)/t14-,17-,18-,19+,23+/m0/s1. The van der Waals surface area contributed by atoms with Crippen LogP contribution >= 0.6 is 11.8 Å². The van der Waals surface area contributed by atoms with E-state index < -0.39 is 16.8 Å². The summed E-state index contributed by atoms with van der Waals surface area (Å²) in [5.74, 6) is -0.840. The number of carbonyl (C=O) groups excluding carboxylic acids is 3. The smallest absolute Gasteiger partial charge is 0.256 e. The number of amides is 3. The van der Waals surface area contributed by atoms with Crippen LogP contribution < -0.4 is 10.6 Å². The first-order valence-corrected chi connectivity index (χ1v) is 12.2. The fraction of sp³-hybridized carbons (Fsp3) is 0.625. The topological polar surface area (TPSA) is 98.7 Å². The summed E-state index contributed by atoms with van der Waals surface area (Å²) in [6, 6.07) is 5.64. The minimum atomic E-state index is -0.763. The Balaban J connectivity index is 1.81. The highest BCUT2D eigenvalue weighted by Crippen LogP contribution is 2.56. The van der Waals surface area contributed by atoms with Gasteiger partial charge in [0, 0.05) is 10.3 Å². The van der Waals surface area contributed by atoms with Crippen molar-refractivity contribution in [2.24, 2.45) is 11.8 Å². The van der Waals surface area contributed by atoms with E-state index in [-0.39, 0.29) is 47.6 Å². The number of nitrogens with one attached hydrogen (secondary N) is 2. The van der Waals surface area contributed by atoms with Crippen molar-refractivity contribution in [3.05, 3.63) is 35.4 Å². The summed E-state index contributed by atoms with van der Waals surface area (Å²) >= 11 is 1.60. The van der Waals surface area contributed by atoms with Crippen LogP contribution in [0.3, 0.4) is 0 Å². The molecule has 0 radical (unpaired) electrons. The number of benzene rings is 1. The van der Waals surface area contributed by atoms with E-state index >= 15 is 0 Å². The molecule has 0 aromatic heterocycles. The summed E-state index contributed by atoms with van der Waals surface area (Å²) in [4.78, 5) is 41.4. The van der Waals surface area contributed by atoms with Gasteiger partial charge in [0.1, 0.15) is 17.5 Å². The second kappa shape index (κ2) is 9.43. The number of fused-ring (bicyclic) bond motifs is 3. The van der Waals surface area contributed by atoms with E-state index in [9.17, 15) is 19.5 Å². The Morgan fingerprint density at radius 1 is 1.19 bits per heavy atom. The van der Waals surface area contributed by atoms with Crippen LogP contribution in [0.1, 0.15) is 69.3 Å². The summed E-state index contributed by atoms with van der Waals surface area (Å²) in [6.07, 6.45) is 0.816. The Kier molecular flexibility index (Phi) is 7.25. The van der Waals surface area contributed by atoms with Crippen molar-refractivity contribution in [1.82, 2.24) is 15.5 Å². The molecule has 3 N–H and O–H groups in total. The van der Waals surface area contributed by atoms with Crippen LogP contribution in [0.25, 0.3) is 0 Å². The van der Waals surface area contributed by atoms with Crippen LogP contribution in [0.5, 0.6) is 0 Å². The zero-order valence-electron chi connectivity index (χ0n) is 19.7. The van der Waals surface area contributed by atoms with Crippen LogP contribution in [0.2, 0.25) is 0 Å². The number of hydrogen-bond donors (Lipinski definition) is 3. The minimum absolute atomic E-state index is 0.110. The molecule has 1 fully saturated rings. The predicted molar refractivity (Wildman–Crippen MR) is 126 cm³/mol. The van der Waals surface area contributed by atoms with Crippen LogP contribution in [0.4, 0.5) is 0 Å². The van der Waals surface area contributed by atoms with Crippen molar-refractivity contribution in [2.45, 2.75) is 76.2 Å². The van der Waals surface area contributed by atoms with Gasteiger partial charge in [-0.05, 0) is 37.3 Å². The van der Waals surface area contributed by atoms with Gasteiger partial charge in [0.15, 0.2) is 0 Å². The maximum Gasteiger partial charge on any atom is 0.256 e. The molecule has 3 amide bonds. The molecule has 1 saturated heterocycles. The van der Waals surface area contributed by atoms with Crippen molar-refractivity contribution in [1.29, 1.82) is 0 Å². The van der Waals surface area contributed by atoms with Crippen molar-refractivity contribution >= 4 is 29.5 Å². The van der Waals surface area contributed by atoms with Crippen LogP contribution in [0.15, 0.2) is 24.3 Å². The number of hydrogen-bond acceptors (Lipinski definition) is 5. The zero-order valence-corrected chi connectivity index (χ0v) is 20.5. The Morgan fingerprint density at radius 3 is 2.44 bits per heavy atom. The maximum atomic E-state index is 13.5. The normalized spacial score (nSPS) is 24.0. The summed E-state index contributed by atoms with van der Waals surface area (Å²) in [6.45, 7) is 11.5. The molecule has 2 aliphatic rings. The van der Waals surface area contributed by atoms with Crippen LogP contribution in [-0.4, -0.2) is 57.2 Å². The highest BCUT2D eigenvalue weighted by molar-refractivity contribution is 8.01. The van der Waals surface area contributed by atoms with Gasteiger partial charge in [0.05, 0.1) is 12.6 Å². The molecular formula is C24H35N3O4S. The van der Waals surface area contributed by atoms with Gasteiger partial charge in [-0.2, -0.15) is 0 Å². The first-order valence-electron chi connectivity index (χ1n) is 11.3. The molecule has 7 nitrogen and oxygen atoms in total. The molecule has 5 atom stereocenters. The van der Waals surface area contributed by atoms with Gasteiger partial charge in [0.25, 0.3) is 5.91 Å². The first-order chi connectivity index (χ1) is 15.0. The average molecular weight is 462 g/mol. The Bertz CT molecular complexity index is 888. The summed E-state index contributed by atoms with van der Waals surface area (Å²) in [5.41, 5.74) is 1.57. The number of nitrogens with zero attached hydrogens (tertiary/aromatic N) is 1. The van der Waals surface area contributed by atoms with E-state index in [0.717, 1.165) is 12.0 Å². The van der Waals surface area contributed by atoms with Crippen molar-refractivity contribution < 1.29 is 19.5 Å². The third-order valence-electron chi connectivity index (χ3n) is 6.65. The summed E-state index contributed by atoms with van der Waals surface area (Å²) < 4.78 is -0.514. The number of aliphatic hydroxyl groups is 1. The molecular weight excluding hydrogens is 426 g/mol. The average Bonchev–Trinajstić information content (AvgIpc) is 3.18. The zero-order chi connectivity index (χ0) is 23.8. The Morgan fingerprint density at radius 2 is 1.84 bits per heavy atom. The fourth-order valence-electron chi connectivity index (χ4n) is 4.50. The lowest BCUT2D eigenvalue weighted by molar-refractivity contribution is -0.133. The largest absolute Gasteiger partial charge is 0.394 e. The molecule has 0 spiro atoms. The summed E-state index contributed by atoms with van der Waals surface area (Å²) in [5, 5.41) is 15.3. The third-order valence-corrected chi connectivity index (χ3v) is 8.18. The van der Waals surface area contributed by atoms with Gasteiger partial charge in [-0.15, -0.1) is 11.8 Å². The lowest BCUT2D eigenvalue weighted by atomic mass is 9.96. The predicted octanol–water partition coefficient (Wildman–Crippen LogP) is 2.70. The molecule has 1 aromatic carbocycles. The van der Waals surface area contributed by atoms with E-state index in [0.29, 0.717) is 5.56 Å². The number of thioether (sulfide) groups is 1. The van der Waals surface area contributed by atoms with E-state index in [4.69, 9.17) is 0 Å². The highest BCUT2D eigenvalue weighted by atomic mass is 32.2. The SMILES string of the molecule is CC[C@H](C)[C@H](CO)NC(=O)[C@@H](NC(=O)[C@H]1N2C(=O)c3ccccc3[C@H]2SC1(C)C)C(C)C. The van der Waals surface area contributed by atoms with Gasteiger partial charge >= 0.3 is 0 Å².